The highest BCUT2D eigenvalue weighted by atomic mass is 79.9. The lowest BCUT2D eigenvalue weighted by Gasteiger charge is -2.05. The fourth-order valence-corrected chi connectivity index (χ4v) is 2.47. The molecule has 0 spiro atoms. The zero-order chi connectivity index (χ0) is 10.7. The molecule has 0 saturated heterocycles. The average Bonchev–Trinajstić information content (AvgIpc) is 2.24. The maximum atomic E-state index is 5.92. The fourth-order valence-electron chi connectivity index (χ4n) is 1.23. The Morgan fingerprint density at radius 2 is 1.73 bits per heavy atom. The first-order valence-electron chi connectivity index (χ1n) is 4.53. The third-order valence-corrected chi connectivity index (χ3v) is 3.54. The summed E-state index contributed by atoms with van der Waals surface area (Å²) in [6, 6.07) is 16.2. The van der Waals surface area contributed by atoms with E-state index in [-0.39, 0.29) is 0 Å². The minimum atomic E-state index is 0.804. The van der Waals surface area contributed by atoms with Crippen LogP contribution in [0.15, 0.2) is 62.8 Å². The lowest BCUT2D eigenvalue weighted by atomic mass is 10.3. The molecule has 2 rings (SSSR count). The second-order valence-electron chi connectivity index (χ2n) is 3.10. The average molecular weight is 280 g/mol. The SMILES string of the molecule is Nc1cc(Br)ccc1Sc1ccccc1. The normalized spacial score (nSPS) is 10.2. The largest absolute Gasteiger partial charge is 0.398 e. The Morgan fingerprint density at radius 3 is 2.40 bits per heavy atom. The molecule has 0 aromatic heterocycles. The standard InChI is InChI=1S/C12H10BrNS/c13-9-6-7-12(11(14)8-9)15-10-4-2-1-3-5-10/h1-8H,14H2. The third kappa shape index (κ3) is 2.76. The first-order valence-corrected chi connectivity index (χ1v) is 6.14. The Bertz CT molecular complexity index is 456. The van der Waals surface area contributed by atoms with Gasteiger partial charge in [0.05, 0.1) is 0 Å². The molecular formula is C12H10BrNS. The van der Waals surface area contributed by atoms with Crippen LogP contribution in [0.5, 0.6) is 0 Å². The molecule has 15 heavy (non-hydrogen) atoms. The van der Waals surface area contributed by atoms with Crippen LogP contribution in [-0.2, 0) is 0 Å². The van der Waals surface area contributed by atoms with Gasteiger partial charge in [-0.15, -0.1) is 0 Å². The van der Waals surface area contributed by atoms with Gasteiger partial charge in [-0.1, -0.05) is 45.9 Å². The molecule has 0 unspecified atom stereocenters. The van der Waals surface area contributed by atoms with Gasteiger partial charge in [-0.2, -0.15) is 0 Å². The van der Waals surface area contributed by atoms with Gasteiger partial charge in [0.2, 0.25) is 0 Å². The number of hydrogen-bond donors (Lipinski definition) is 1. The Morgan fingerprint density at radius 1 is 1.00 bits per heavy atom. The maximum Gasteiger partial charge on any atom is 0.0467 e. The van der Waals surface area contributed by atoms with Crippen LogP contribution in [0.2, 0.25) is 0 Å². The summed E-state index contributed by atoms with van der Waals surface area (Å²) in [5.41, 5.74) is 6.72. The van der Waals surface area contributed by atoms with Gasteiger partial charge < -0.3 is 5.73 Å². The van der Waals surface area contributed by atoms with Crippen molar-refractivity contribution in [3.63, 3.8) is 0 Å². The van der Waals surface area contributed by atoms with Gasteiger partial charge in [0, 0.05) is 20.0 Å². The minimum Gasteiger partial charge on any atom is -0.398 e. The van der Waals surface area contributed by atoms with Crippen LogP contribution in [0.3, 0.4) is 0 Å². The quantitative estimate of drug-likeness (QED) is 0.835. The molecule has 0 aliphatic carbocycles. The molecular weight excluding hydrogens is 270 g/mol. The van der Waals surface area contributed by atoms with E-state index in [2.05, 4.69) is 28.1 Å². The minimum absolute atomic E-state index is 0.804. The van der Waals surface area contributed by atoms with Crippen LogP contribution in [-0.4, -0.2) is 0 Å². The number of nitrogens with two attached hydrogens (primary N) is 1. The molecule has 0 amide bonds. The summed E-state index contributed by atoms with van der Waals surface area (Å²) in [5.74, 6) is 0. The maximum absolute atomic E-state index is 5.92. The number of benzene rings is 2. The van der Waals surface area contributed by atoms with Crippen LogP contribution < -0.4 is 5.73 Å². The van der Waals surface area contributed by atoms with Crippen molar-refractivity contribution < 1.29 is 0 Å². The Labute approximate surface area is 102 Å². The summed E-state index contributed by atoms with van der Waals surface area (Å²) < 4.78 is 1.01. The van der Waals surface area contributed by atoms with E-state index in [0.717, 1.165) is 15.1 Å². The summed E-state index contributed by atoms with van der Waals surface area (Å²) in [6.45, 7) is 0. The van der Waals surface area contributed by atoms with Gasteiger partial charge in [-0.05, 0) is 30.3 Å². The van der Waals surface area contributed by atoms with Crippen molar-refractivity contribution in [2.75, 3.05) is 5.73 Å². The first kappa shape index (κ1) is 10.6. The lowest BCUT2D eigenvalue weighted by Crippen LogP contribution is -1.87. The van der Waals surface area contributed by atoms with Crippen molar-refractivity contribution >= 4 is 33.4 Å². The highest BCUT2D eigenvalue weighted by Crippen LogP contribution is 2.33. The van der Waals surface area contributed by atoms with Crippen molar-refractivity contribution in [1.82, 2.24) is 0 Å². The van der Waals surface area contributed by atoms with Crippen molar-refractivity contribution in [1.29, 1.82) is 0 Å². The molecule has 1 nitrogen and oxygen atoms in total. The number of hydrogen-bond acceptors (Lipinski definition) is 2. The topological polar surface area (TPSA) is 26.0 Å². The Balaban J connectivity index is 2.25. The van der Waals surface area contributed by atoms with Crippen molar-refractivity contribution in [2.45, 2.75) is 9.79 Å². The number of rotatable bonds is 2. The highest BCUT2D eigenvalue weighted by molar-refractivity contribution is 9.10. The van der Waals surface area contributed by atoms with E-state index in [1.54, 1.807) is 11.8 Å². The van der Waals surface area contributed by atoms with E-state index in [1.807, 2.05) is 36.4 Å². The predicted octanol–water partition coefficient (Wildman–Crippen LogP) is 4.18. The molecule has 0 atom stereocenters. The molecule has 0 radical (unpaired) electrons. The zero-order valence-electron chi connectivity index (χ0n) is 7.98. The summed E-state index contributed by atoms with van der Waals surface area (Å²) in [5, 5.41) is 0. The molecule has 2 N–H and O–H groups in total. The van der Waals surface area contributed by atoms with Crippen LogP contribution in [0.1, 0.15) is 0 Å². The predicted molar refractivity (Wildman–Crippen MR) is 69.1 cm³/mol. The van der Waals surface area contributed by atoms with E-state index in [0.29, 0.717) is 0 Å². The van der Waals surface area contributed by atoms with Gasteiger partial charge in [0.1, 0.15) is 0 Å². The molecule has 0 aliphatic heterocycles. The molecule has 0 heterocycles. The van der Waals surface area contributed by atoms with Gasteiger partial charge in [0.25, 0.3) is 0 Å². The molecule has 0 fully saturated rings. The highest BCUT2D eigenvalue weighted by Gasteiger charge is 2.01. The Hall–Kier alpha value is -0.930. The summed E-state index contributed by atoms with van der Waals surface area (Å²) in [7, 11) is 0. The van der Waals surface area contributed by atoms with E-state index < -0.39 is 0 Å². The van der Waals surface area contributed by atoms with E-state index >= 15 is 0 Å². The zero-order valence-corrected chi connectivity index (χ0v) is 10.4. The second-order valence-corrected chi connectivity index (χ2v) is 5.13. The van der Waals surface area contributed by atoms with Gasteiger partial charge in [0.15, 0.2) is 0 Å². The number of halogens is 1. The van der Waals surface area contributed by atoms with Crippen molar-refractivity contribution in [3.05, 3.63) is 53.0 Å². The van der Waals surface area contributed by atoms with Crippen LogP contribution in [0.4, 0.5) is 5.69 Å². The molecule has 2 aromatic rings. The molecule has 76 valence electrons. The van der Waals surface area contributed by atoms with E-state index in [9.17, 15) is 0 Å². The van der Waals surface area contributed by atoms with E-state index in [1.165, 1.54) is 4.90 Å². The molecule has 0 aliphatic rings. The monoisotopic (exact) mass is 279 g/mol. The van der Waals surface area contributed by atoms with Crippen LogP contribution in [0, 0.1) is 0 Å². The first-order chi connectivity index (χ1) is 7.25. The lowest BCUT2D eigenvalue weighted by molar-refractivity contribution is 1.40. The molecule has 2 aromatic carbocycles. The molecule has 0 bridgehead atoms. The summed E-state index contributed by atoms with van der Waals surface area (Å²) in [4.78, 5) is 2.29. The van der Waals surface area contributed by atoms with Crippen molar-refractivity contribution in [2.24, 2.45) is 0 Å². The van der Waals surface area contributed by atoms with Crippen LogP contribution in [0.25, 0.3) is 0 Å². The van der Waals surface area contributed by atoms with Gasteiger partial charge in [-0.3, -0.25) is 0 Å². The molecule has 3 heteroatoms. The van der Waals surface area contributed by atoms with E-state index in [4.69, 9.17) is 5.73 Å². The third-order valence-electron chi connectivity index (χ3n) is 1.94. The number of anilines is 1. The summed E-state index contributed by atoms with van der Waals surface area (Å²) in [6.07, 6.45) is 0. The van der Waals surface area contributed by atoms with Gasteiger partial charge in [-0.25, -0.2) is 0 Å². The fraction of sp³-hybridized carbons (Fsp3) is 0. The smallest absolute Gasteiger partial charge is 0.0467 e. The molecule has 0 saturated carbocycles. The summed E-state index contributed by atoms with van der Waals surface area (Å²) >= 11 is 5.07. The Kier molecular flexibility index (Phi) is 3.34. The second kappa shape index (κ2) is 4.73. The number of nitrogen functional groups attached to an aromatic ring is 1. The van der Waals surface area contributed by atoms with Gasteiger partial charge >= 0.3 is 0 Å². The van der Waals surface area contributed by atoms with Crippen LogP contribution >= 0.6 is 27.7 Å². The van der Waals surface area contributed by atoms with Crippen molar-refractivity contribution in [3.8, 4) is 0 Å².